The molecule has 3 rings (SSSR count). The Hall–Kier alpha value is -2.41. The van der Waals surface area contributed by atoms with Gasteiger partial charge in [-0.05, 0) is 30.4 Å². The van der Waals surface area contributed by atoms with Gasteiger partial charge >= 0.3 is 0 Å². The van der Waals surface area contributed by atoms with Crippen molar-refractivity contribution in [3.63, 3.8) is 0 Å². The molecule has 0 spiro atoms. The summed E-state index contributed by atoms with van der Waals surface area (Å²) in [6, 6.07) is 11.7. The van der Waals surface area contributed by atoms with E-state index in [2.05, 4.69) is 16.6 Å². The minimum absolute atomic E-state index is 0.0674. The van der Waals surface area contributed by atoms with Gasteiger partial charge in [0.15, 0.2) is 6.54 Å². The summed E-state index contributed by atoms with van der Waals surface area (Å²) in [6.45, 7) is 5.38. The first-order valence-electron chi connectivity index (χ1n) is 9.13. The molecule has 1 saturated heterocycles. The lowest BCUT2D eigenvalue weighted by molar-refractivity contribution is -1.02. The van der Waals surface area contributed by atoms with E-state index < -0.39 is 0 Å². The molecular weight excluding hydrogens is 364 g/mol. The number of hydrogen-bond donors (Lipinski definition) is 3. The lowest BCUT2D eigenvalue weighted by Gasteiger charge is -2.29. The molecule has 0 aliphatic carbocycles. The fourth-order valence-corrected chi connectivity index (χ4v) is 3.37. The Kier molecular flexibility index (Phi) is 7.21. The van der Waals surface area contributed by atoms with Crippen LogP contribution in [0.15, 0.2) is 58.3 Å². The van der Waals surface area contributed by atoms with Gasteiger partial charge < -0.3 is 14.2 Å². The third-order valence-electron chi connectivity index (χ3n) is 4.63. The third kappa shape index (κ3) is 6.36. The van der Waals surface area contributed by atoms with E-state index in [0.29, 0.717) is 6.54 Å². The molecule has 1 fully saturated rings. The molecule has 0 saturated carbocycles. The van der Waals surface area contributed by atoms with Crippen LogP contribution in [0.25, 0.3) is 6.08 Å². The molecule has 1 aliphatic rings. The first-order valence-corrected chi connectivity index (χ1v) is 9.51. The van der Waals surface area contributed by atoms with Crippen LogP contribution in [0.2, 0.25) is 5.02 Å². The number of piperazine rings is 1. The zero-order chi connectivity index (χ0) is 18.9. The molecule has 7 heteroatoms. The molecule has 1 amide bonds. The number of benzene rings is 1. The van der Waals surface area contributed by atoms with Gasteiger partial charge in [-0.1, -0.05) is 29.8 Å². The Labute approximate surface area is 164 Å². The Bertz CT molecular complexity index is 781. The van der Waals surface area contributed by atoms with Crippen molar-refractivity contribution >= 4 is 29.8 Å². The van der Waals surface area contributed by atoms with E-state index in [0.717, 1.165) is 43.5 Å². The molecule has 1 aliphatic heterocycles. The first kappa shape index (κ1) is 19.4. The summed E-state index contributed by atoms with van der Waals surface area (Å²) in [5.74, 6) is 0.677. The molecule has 2 heterocycles. The van der Waals surface area contributed by atoms with Gasteiger partial charge in [-0.3, -0.25) is 4.79 Å². The minimum Gasteiger partial charge on any atom is -0.465 e. The van der Waals surface area contributed by atoms with Gasteiger partial charge in [0, 0.05) is 16.8 Å². The Morgan fingerprint density at radius 1 is 1.15 bits per heavy atom. The maximum atomic E-state index is 12.0. The number of nitrogens with one attached hydrogen (secondary N) is 3. The molecule has 1 aromatic carbocycles. The smallest absolute Gasteiger partial charge is 0.295 e. The Morgan fingerprint density at radius 2 is 1.93 bits per heavy atom. The number of furan rings is 1. The van der Waals surface area contributed by atoms with Crippen molar-refractivity contribution in [1.29, 1.82) is 0 Å². The highest BCUT2D eigenvalue weighted by molar-refractivity contribution is 6.31. The topological polar surface area (TPSA) is 63.5 Å². The lowest BCUT2D eigenvalue weighted by Crippen LogP contribution is -3.28. The second-order valence-corrected chi connectivity index (χ2v) is 7.04. The van der Waals surface area contributed by atoms with Crippen LogP contribution in [0.3, 0.4) is 0 Å². The predicted octanol–water partition coefficient (Wildman–Crippen LogP) is 0.0318. The molecule has 1 aromatic heterocycles. The van der Waals surface area contributed by atoms with E-state index in [1.807, 2.05) is 30.3 Å². The van der Waals surface area contributed by atoms with Crippen LogP contribution in [0, 0.1) is 0 Å². The maximum absolute atomic E-state index is 12.0. The van der Waals surface area contributed by atoms with Crippen molar-refractivity contribution in [3.8, 4) is 0 Å². The number of hydrazone groups is 1. The number of carbonyl (C=O) groups is 1. The van der Waals surface area contributed by atoms with Gasteiger partial charge in [0.1, 0.15) is 38.5 Å². The van der Waals surface area contributed by atoms with Crippen molar-refractivity contribution in [3.05, 3.63) is 65.1 Å². The van der Waals surface area contributed by atoms with Crippen LogP contribution in [-0.4, -0.2) is 44.8 Å². The van der Waals surface area contributed by atoms with E-state index in [9.17, 15) is 4.79 Å². The quantitative estimate of drug-likeness (QED) is 0.463. The van der Waals surface area contributed by atoms with E-state index >= 15 is 0 Å². The first-order chi connectivity index (χ1) is 13.2. The summed E-state index contributed by atoms with van der Waals surface area (Å²) in [4.78, 5) is 14.8. The average molecular weight is 389 g/mol. The third-order valence-corrected chi connectivity index (χ3v) is 5.00. The standard InChI is InChI=1S/C20H23ClN4O2/c21-19-8-2-1-5-17(19)15-24-10-12-25(13-11-24)16-20(26)23-22-9-3-6-18-7-4-14-27-18/h1-9,14H,10-13,15-16H2,(H,23,26)/p+2/b6-3+,22-9-. The van der Waals surface area contributed by atoms with E-state index in [4.69, 9.17) is 16.0 Å². The highest BCUT2D eigenvalue weighted by Gasteiger charge is 2.25. The van der Waals surface area contributed by atoms with Crippen molar-refractivity contribution in [2.75, 3.05) is 32.7 Å². The van der Waals surface area contributed by atoms with Crippen molar-refractivity contribution < 1.29 is 19.0 Å². The predicted molar refractivity (Wildman–Crippen MR) is 106 cm³/mol. The Balaban J connectivity index is 1.35. The van der Waals surface area contributed by atoms with Gasteiger partial charge in [0.25, 0.3) is 5.91 Å². The van der Waals surface area contributed by atoms with E-state index in [-0.39, 0.29) is 5.91 Å². The number of halogens is 1. The molecule has 0 atom stereocenters. The molecule has 0 bridgehead atoms. The monoisotopic (exact) mass is 388 g/mol. The van der Waals surface area contributed by atoms with Gasteiger partial charge in [0.2, 0.25) is 0 Å². The Morgan fingerprint density at radius 3 is 2.67 bits per heavy atom. The molecular formula is C20H25ClN4O2+2. The molecule has 6 nitrogen and oxygen atoms in total. The van der Waals surface area contributed by atoms with Crippen molar-refractivity contribution in [2.45, 2.75) is 6.54 Å². The van der Waals surface area contributed by atoms with Gasteiger partial charge in [0.05, 0.1) is 6.26 Å². The average Bonchev–Trinajstić information content (AvgIpc) is 3.18. The normalized spacial score (nSPS) is 20.3. The zero-order valence-electron chi connectivity index (χ0n) is 15.2. The number of amides is 1. The summed E-state index contributed by atoms with van der Waals surface area (Å²) in [5.41, 5.74) is 3.76. The highest BCUT2D eigenvalue weighted by Crippen LogP contribution is 2.13. The molecule has 142 valence electrons. The number of nitrogens with zero attached hydrogens (tertiary/aromatic N) is 1. The fraction of sp³-hybridized carbons (Fsp3) is 0.300. The van der Waals surface area contributed by atoms with Crippen LogP contribution < -0.4 is 15.2 Å². The summed E-state index contributed by atoms with van der Waals surface area (Å²) in [7, 11) is 0. The second-order valence-electron chi connectivity index (χ2n) is 6.63. The second kappa shape index (κ2) is 10.1. The maximum Gasteiger partial charge on any atom is 0.295 e. The summed E-state index contributed by atoms with van der Waals surface area (Å²) in [5, 5.41) is 4.76. The van der Waals surface area contributed by atoms with Crippen LogP contribution in [0.5, 0.6) is 0 Å². The lowest BCUT2D eigenvalue weighted by atomic mass is 10.2. The van der Waals surface area contributed by atoms with Gasteiger partial charge in [-0.2, -0.15) is 5.10 Å². The van der Waals surface area contributed by atoms with Crippen molar-refractivity contribution in [1.82, 2.24) is 5.43 Å². The largest absolute Gasteiger partial charge is 0.465 e. The number of hydrogen-bond acceptors (Lipinski definition) is 3. The fourth-order valence-electron chi connectivity index (χ4n) is 3.16. The van der Waals surface area contributed by atoms with E-state index in [1.54, 1.807) is 24.6 Å². The van der Waals surface area contributed by atoms with Crippen LogP contribution in [0.1, 0.15) is 11.3 Å². The molecule has 27 heavy (non-hydrogen) atoms. The number of allylic oxidation sites excluding steroid dienone is 1. The van der Waals surface area contributed by atoms with Crippen molar-refractivity contribution in [2.24, 2.45) is 5.10 Å². The summed E-state index contributed by atoms with van der Waals surface area (Å²) < 4.78 is 5.17. The zero-order valence-corrected chi connectivity index (χ0v) is 15.9. The molecule has 0 unspecified atom stereocenters. The van der Waals surface area contributed by atoms with Crippen LogP contribution in [0.4, 0.5) is 0 Å². The highest BCUT2D eigenvalue weighted by atomic mass is 35.5. The van der Waals surface area contributed by atoms with Gasteiger partial charge in [-0.25, -0.2) is 5.43 Å². The summed E-state index contributed by atoms with van der Waals surface area (Å²) >= 11 is 6.25. The van der Waals surface area contributed by atoms with Crippen LogP contribution in [-0.2, 0) is 11.3 Å². The number of quaternary nitrogens is 2. The molecule has 0 radical (unpaired) electrons. The molecule has 3 N–H and O–H groups in total. The molecule has 2 aromatic rings. The number of carbonyl (C=O) groups excluding carboxylic acids is 1. The minimum atomic E-state index is -0.0674. The SMILES string of the molecule is O=C(C[NH+]1CC[NH+](Cc2ccccc2Cl)CC1)N/N=C\C=C\c1ccco1. The summed E-state index contributed by atoms with van der Waals surface area (Å²) in [6.07, 6.45) is 6.66. The number of rotatable bonds is 7. The van der Waals surface area contributed by atoms with Crippen LogP contribution >= 0.6 is 11.6 Å². The van der Waals surface area contributed by atoms with Gasteiger partial charge in [-0.15, -0.1) is 0 Å². The van der Waals surface area contributed by atoms with E-state index in [1.165, 1.54) is 15.4 Å².